The molecule has 23 heavy (non-hydrogen) atoms. The van der Waals surface area contributed by atoms with Gasteiger partial charge in [0.1, 0.15) is 17.1 Å². The van der Waals surface area contributed by atoms with Crippen molar-refractivity contribution in [2.75, 3.05) is 0 Å². The van der Waals surface area contributed by atoms with Crippen LogP contribution in [0.1, 0.15) is 21.6 Å². The van der Waals surface area contributed by atoms with Crippen LogP contribution in [0, 0.1) is 18.7 Å². The molecule has 1 aromatic heterocycles. The summed E-state index contributed by atoms with van der Waals surface area (Å²) < 4.78 is 69.8. The molecule has 0 spiro atoms. The Balaban J connectivity index is 2.55. The quantitative estimate of drug-likeness (QED) is 0.676. The molecule has 1 N–H and O–H groups in total. The van der Waals surface area contributed by atoms with Gasteiger partial charge in [-0.05, 0) is 31.2 Å². The summed E-state index contributed by atoms with van der Waals surface area (Å²) in [7, 11) is 0. The smallest absolute Gasteiger partial charge is 0.419 e. The fourth-order valence-corrected chi connectivity index (χ4v) is 1.81. The average molecular weight is 333 g/mol. The highest BCUT2D eigenvalue weighted by Gasteiger charge is 2.37. The molecule has 0 amide bonds. The number of rotatable bonds is 3. The van der Waals surface area contributed by atoms with Crippen LogP contribution in [-0.2, 0) is 6.18 Å². The lowest BCUT2D eigenvalue weighted by Gasteiger charge is -2.14. The number of carboxylic acid groups (broad SMARTS) is 1. The number of ether oxygens (including phenoxy) is 1. The van der Waals surface area contributed by atoms with Gasteiger partial charge in [0, 0.05) is 0 Å². The maximum atomic E-state index is 13.9. The van der Waals surface area contributed by atoms with E-state index in [2.05, 4.69) is 4.98 Å². The maximum absolute atomic E-state index is 13.9. The fraction of sp³-hybridized carbons (Fsp3) is 0.143. The molecule has 0 saturated carbocycles. The van der Waals surface area contributed by atoms with Crippen LogP contribution in [0.5, 0.6) is 11.5 Å². The standard InChI is InChI=1S/C14H8F5NO3/c1-6-8(4-5-10(15)20-6)23-9-3-2-7(14(17,18)19)12(16)11(9)13(21)22/h2-5H,1H3,(H,21,22). The predicted molar refractivity (Wildman–Crippen MR) is 67.4 cm³/mol. The highest BCUT2D eigenvalue weighted by atomic mass is 19.4. The zero-order valence-electron chi connectivity index (χ0n) is 11.4. The number of nitrogens with zero attached hydrogens (tertiary/aromatic N) is 1. The van der Waals surface area contributed by atoms with Gasteiger partial charge < -0.3 is 9.84 Å². The molecule has 9 heteroatoms. The van der Waals surface area contributed by atoms with E-state index in [9.17, 15) is 26.7 Å². The van der Waals surface area contributed by atoms with E-state index in [1.54, 1.807) is 0 Å². The second kappa shape index (κ2) is 5.82. The lowest BCUT2D eigenvalue weighted by atomic mass is 10.1. The minimum Gasteiger partial charge on any atom is -0.477 e. The van der Waals surface area contributed by atoms with Crippen molar-refractivity contribution in [3.63, 3.8) is 0 Å². The van der Waals surface area contributed by atoms with Crippen molar-refractivity contribution in [1.82, 2.24) is 4.98 Å². The monoisotopic (exact) mass is 333 g/mol. The number of benzene rings is 1. The number of hydrogen-bond donors (Lipinski definition) is 1. The van der Waals surface area contributed by atoms with Crippen LogP contribution in [0.25, 0.3) is 0 Å². The minimum atomic E-state index is -5.06. The second-order valence-corrected chi connectivity index (χ2v) is 4.42. The second-order valence-electron chi connectivity index (χ2n) is 4.42. The summed E-state index contributed by atoms with van der Waals surface area (Å²) in [4.78, 5) is 14.5. The number of aryl methyl sites for hydroxylation is 1. The zero-order chi connectivity index (χ0) is 17.4. The van der Waals surface area contributed by atoms with Crippen molar-refractivity contribution < 1.29 is 36.6 Å². The molecule has 4 nitrogen and oxygen atoms in total. The number of alkyl halides is 3. The van der Waals surface area contributed by atoms with Crippen molar-refractivity contribution in [3.05, 3.63) is 52.9 Å². The normalized spacial score (nSPS) is 11.4. The number of halogens is 5. The number of carboxylic acids is 1. The Morgan fingerprint density at radius 2 is 1.74 bits per heavy atom. The van der Waals surface area contributed by atoms with E-state index in [0.29, 0.717) is 12.1 Å². The van der Waals surface area contributed by atoms with Crippen LogP contribution in [0.2, 0.25) is 0 Å². The van der Waals surface area contributed by atoms with E-state index in [0.717, 1.165) is 12.1 Å². The summed E-state index contributed by atoms with van der Waals surface area (Å²) in [6, 6.07) is 3.05. The molecule has 0 atom stereocenters. The Labute approximate surface area is 126 Å². The first-order valence-corrected chi connectivity index (χ1v) is 6.05. The van der Waals surface area contributed by atoms with Gasteiger partial charge in [0.15, 0.2) is 5.82 Å². The first-order valence-electron chi connectivity index (χ1n) is 6.05. The Morgan fingerprint density at radius 1 is 1.13 bits per heavy atom. The third-order valence-electron chi connectivity index (χ3n) is 2.85. The summed E-state index contributed by atoms with van der Waals surface area (Å²) >= 11 is 0. The first-order chi connectivity index (χ1) is 10.6. The molecule has 0 unspecified atom stereocenters. The van der Waals surface area contributed by atoms with E-state index in [-0.39, 0.29) is 11.4 Å². The van der Waals surface area contributed by atoms with Gasteiger partial charge in [0.25, 0.3) is 0 Å². The Morgan fingerprint density at radius 3 is 2.26 bits per heavy atom. The summed E-state index contributed by atoms with van der Waals surface area (Å²) in [6.45, 7) is 1.33. The van der Waals surface area contributed by atoms with E-state index in [4.69, 9.17) is 9.84 Å². The van der Waals surface area contributed by atoms with Gasteiger partial charge in [-0.3, -0.25) is 0 Å². The molecule has 0 radical (unpaired) electrons. The molecule has 1 aromatic carbocycles. The first kappa shape index (κ1) is 16.7. The molecule has 0 fully saturated rings. The average Bonchev–Trinajstić information content (AvgIpc) is 2.40. The SMILES string of the molecule is Cc1nc(F)ccc1Oc1ccc(C(F)(F)F)c(F)c1C(=O)O. The number of hydrogen-bond acceptors (Lipinski definition) is 3. The number of pyridine rings is 1. The van der Waals surface area contributed by atoms with Gasteiger partial charge in [-0.1, -0.05) is 0 Å². The zero-order valence-corrected chi connectivity index (χ0v) is 11.4. The van der Waals surface area contributed by atoms with Crippen LogP contribution >= 0.6 is 0 Å². The third kappa shape index (κ3) is 3.38. The largest absolute Gasteiger partial charge is 0.477 e. The van der Waals surface area contributed by atoms with Crippen molar-refractivity contribution in [2.24, 2.45) is 0 Å². The van der Waals surface area contributed by atoms with Crippen molar-refractivity contribution in [1.29, 1.82) is 0 Å². The Bertz CT molecular complexity index is 774. The van der Waals surface area contributed by atoms with Crippen LogP contribution in [0.4, 0.5) is 22.0 Å². The Kier molecular flexibility index (Phi) is 4.22. The predicted octanol–water partition coefficient (Wildman–Crippen LogP) is 4.18. The molecule has 0 aliphatic rings. The number of aromatic nitrogens is 1. The number of aromatic carboxylic acids is 1. The lowest BCUT2D eigenvalue weighted by molar-refractivity contribution is -0.140. The molecule has 0 aliphatic carbocycles. The van der Waals surface area contributed by atoms with Crippen LogP contribution < -0.4 is 4.74 Å². The highest BCUT2D eigenvalue weighted by Crippen LogP contribution is 2.37. The molecule has 0 saturated heterocycles. The lowest BCUT2D eigenvalue weighted by Crippen LogP contribution is -2.13. The van der Waals surface area contributed by atoms with E-state index >= 15 is 0 Å². The Hall–Kier alpha value is -2.71. The molecule has 1 heterocycles. The van der Waals surface area contributed by atoms with Crippen LogP contribution in [0.3, 0.4) is 0 Å². The summed E-state index contributed by atoms with van der Waals surface area (Å²) in [5.74, 6) is -5.49. The summed E-state index contributed by atoms with van der Waals surface area (Å²) in [5, 5.41) is 8.97. The third-order valence-corrected chi connectivity index (χ3v) is 2.85. The number of carbonyl (C=O) groups is 1. The molecule has 2 aromatic rings. The summed E-state index contributed by atoms with van der Waals surface area (Å²) in [5.41, 5.74) is -2.98. The van der Waals surface area contributed by atoms with Crippen LogP contribution in [0.15, 0.2) is 24.3 Å². The molecule has 0 aliphatic heterocycles. The van der Waals surface area contributed by atoms with Gasteiger partial charge >= 0.3 is 12.1 Å². The van der Waals surface area contributed by atoms with Gasteiger partial charge in [-0.15, -0.1) is 0 Å². The van der Waals surface area contributed by atoms with Crippen molar-refractivity contribution >= 4 is 5.97 Å². The van der Waals surface area contributed by atoms with E-state index in [1.165, 1.54) is 6.92 Å². The molecular weight excluding hydrogens is 325 g/mol. The van der Waals surface area contributed by atoms with E-state index in [1.807, 2.05) is 0 Å². The molecular formula is C14H8F5NO3. The maximum Gasteiger partial charge on any atom is 0.419 e. The minimum absolute atomic E-state index is 0.0154. The van der Waals surface area contributed by atoms with Gasteiger partial charge in [-0.2, -0.15) is 17.6 Å². The van der Waals surface area contributed by atoms with E-state index < -0.39 is 40.8 Å². The van der Waals surface area contributed by atoms with Crippen LogP contribution in [-0.4, -0.2) is 16.1 Å². The van der Waals surface area contributed by atoms with Gasteiger partial charge in [0.05, 0.1) is 11.3 Å². The molecule has 2 rings (SSSR count). The van der Waals surface area contributed by atoms with Crippen molar-refractivity contribution in [2.45, 2.75) is 13.1 Å². The van der Waals surface area contributed by atoms with Gasteiger partial charge in [0.2, 0.25) is 5.95 Å². The molecule has 122 valence electrons. The fourth-order valence-electron chi connectivity index (χ4n) is 1.81. The topological polar surface area (TPSA) is 59.4 Å². The van der Waals surface area contributed by atoms with Gasteiger partial charge in [-0.25, -0.2) is 14.2 Å². The highest BCUT2D eigenvalue weighted by molar-refractivity contribution is 5.91. The molecule has 0 bridgehead atoms. The van der Waals surface area contributed by atoms with Crippen molar-refractivity contribution in [3.8, 4) is 11.5 Å². The summed E-state index contributed by atoms with van der Waals surface area (Å²) in [6.07, 6.45) is -5.06.